The van der Waals surface area contributed by atoms with Crippen molar-refractivity contribution in [3.8, 4) is 0 Å². The van der Waals surface area contributed by atoms with E-state index in [4.69, 9.17) is 0 Å². The summed E-state index contributed by atoms with van der Waals surface area (Å²) >= 11 is 1.75. The van der Waals surface area contributed by atoms with Gasteiger partial charge in [0.2, 0.25) is 0 Å². The predicted molar refractivity (Wildman–Crippen MR) is 106 cm³/mol. The highest BCUT2D eigenvalue weighted by molar-refractivity contribution is 14.0. The highest BCUT2D eigenvalue weighted by Gasteiger charge is 2.06. The van der Waals surface area contributed by atoms with E-state index in [0.29, 0.717) is 0 Å². The fourth-order valence-electron chi connectivity index (χ4n) is 2.47. The minimum Gasteiger partial charge on any atom is -0.356 e. The van der Waals surface area contributed by atoms with Gasteiger partial charge in [0.1, 0.15) is 5.01 Å². The fraction of sp³-hybridized carbons (Fsp3) is 0.625. The van der Waals surface area contributed by atoms with Gasteiger partial charge in [-0.25, -0.2) is 4.98 Å². The van der Waals surface area contributed by atoms with E-state index < -0.39 is 0 Å². The maximum Gasteiger partial charge on any atom is 0.191 e. The standard InChI is InChI=1S/C16H26N4S.HI/c1-12-13(2)21-15(20-12)11-19-16(17-3)18-10-9-14-7-5-4-6-8-14;/h7H,4-6,8-11H2,1-3H3,(H2,17,18,19);1H. The number of thiazole rings is 1. The Morgan fingerprint density at radius 3 is 2.73 bits per heavy atom. The number of allylic oxidation sites excluding steroid dienone is 1. The summed E-state index contributed by atoms with van der Waals surface area (Å²) in [5.74, 6) is 0.858. The molecule has 2 N–H and O–H groups in total. The Labute approximate surface area is 154 Å². The number of nitrogens with one attached hydrogen (secondary N) is 2. The minimum atomic E-state index is 0. The van der Waals surface area contributed by atoms with Crippen molar-refractivity contribution in [2.45, 2.75) is 52.5 Å². The number of halogens is 1. The third-order valence-corrected chi connectivity index (χ3v) is 4.90. The Balaban J connectivity index is 0.00000242. The van der Waals surface area contributed by atoms with Gasteiger partial charge in [-0.05, 0) is 46.0 Å². The fourth-order valence-corrected chi connectivity index (χ4v) is 3.34. The molecule has 1 aliphatic rings. The van der Waals surface area contributed by atoms with Gasteiger partial charge in [0.15, 0.2) is 5.96 Å². The average molecular weight is 434 g/mol. The van der Waals surface area contributed by atoms with Crippen LogP contribution in [0.1, 0.15) is 47.7 Å². The van der Waals surface area contributed by atoms with Gasteiger partial charge >= 0.3 is 0 Å². The van der Waals surface area contributed by atoms with Crippen LogP contribution in [0.4, 0.5) is 0 Å². The van der Waals surface area contributed by atoms with Gasteiger partial charge in [0, 0.05) is 18.5 Å². The summed E-state index contributed by atoms with van der Waals surface area (Å²) < 4.78 is 0. The van der Waals surface area contributed by atoms with Gasteiger partial charge < -0.3 is 10.6 Å². The zero-order valence-electron chi connectivity index (χ0n) is 13.7. The monoisotopic (exact) mass is 434 g/mol. The predicted octanol–water partition coefficient (Wildman–Crippen LogP) is 3.93. The third kappa shape index (κ3) is 6.24. The zero-order chi connectivity index (χ0) is 15.1. The summed E-state index contributed by atoms with van der Waals surface area (Å²) in [6.07, 6.45) is 8.75. The number of nitrogens with zero attached hydrogens (tertiary/aromatic N) is 2. The molecule has 0 fully saturated rings. The van der Waals surface area contributed by atoms with Crippen LogP contribution in [0.5, 0.6) is 0 Å². The molecule has 0 aliphatic heterocycles. The SMILES string of the molecule is CN=C(NCCC1=CCCCC1)NCc1nc(C)c(C)s1.I. The van der Waals surface area contributed by atoms with Crippen molar-refractivity contribution in [3.05, 3.63) is 27.2 Å². The number of aryl methyl sites for hydroxylation is 2. The first-order chi connectivity index (χ1) is 10.2. The van der Waals surface area contributed by atoms with Crippen LogP contribution in [0.25, 0.3) is 0 Å². The normalized spacial score (nSPS) is 15.0. The lowest BCUT2D eigenvalue weighted by molar-refractivity contribution is 0.665. The number of rotatable bonds is 5. The molecule has 1 aromatic heterocycles. The van der Waals surface area contributed by atoms with Crippen molar-refractivity contribution in [3.63, 3.8) is 0 Å². The van der Waals surface area contributed by atoms with Crippen LogP contribution in [0, 0.1) is 13.8 Å². The van der Waals surface area contributed by atoms with E-state index in [0.717, 1.165) is 36.2 Å². The molecule has 124 valence electrons. The highest BCUT2D eigenvalue weighted by Crippen LogP contribution is 2.19. The minimum absolute atomic E-state index is 0. The molecule has 0 spiro atoms. The van der Waals surface area contributed by atoms with Gasteiger partial charge in [-0.1, -0.05) is 11.6 Å². The molecule has 0 bridgehead atoms. The van der Waals surface area contributed by atoms with E-state index in [9.17, 15) is 0 Å². The van der Waals surface area contributed by atoms with Crippen LogP contribution >= 0.6 is 35.3 Å². The maximum atomic E-state index is 4.53. The second kappa shape index (κ2) is 10.2. The molecule has 0 radical (unpaired) electrons. The zero-order valence-corrected chi connectivity index (χ0v) is 16.9. The second-order valence-corrected chi connectivity index (χ2v) is 6.75. The van der Waals surface area contributed by atoms with Crippen LogP contribution in [0.2, 0.25) is 0 Å². The van der Waals surface area contributed by atoms with Crippen LogP contribution in [0.15, 0.2) is 16.6 Å². The molecule has 1 heterocycles. The lowest BCUT2D eigenvalue weighted by atomic mass is 9.97. The number of aromatic nitrogens is 1. The topological polar surface area (TPSA) is 49.3 Å². The summed E-state index contributed by atoms with van der Waals surface area (Å²) in [6.45, 7) is 5.85. The molecule has 4 nitrogen and oxygen atoms in total. The van der Waals surface area contributed by atoms with E-state index in [2.05, 4.69) is 40.5 Å². The summed E-state index contributed by atoms with van der Waals surface area (Å²) in [5.41, 5.74) is 2.72. The molecular weight excluding hydrogens is 407 g/mol. The van der Waals surface area contributed by atoms with E-state index in [1.165, 1.54) is 30.6 Å². The van der Waals surface area contributed by atoms with Gasteiger partial charge in [-0.3, -0.25) is 4.99 Å². The molecule has 1 aliphatic carbocycles. The summed E-state index contributed by atoms with van der Waals surface area (Å²) in [4.78, 5) is 10.1. The molecule has 1 aromatic rings. The van der Waals surface area contributed by atoms with Crippen LogP contribution in [0.3, 0.4) is 0 Å². The van der Waals surface area contributed by atoms with Crippen LogP contribution in [-0.2, 0) is 6.54 Å². The van der Waals surface area contributed by atoms with Gasteiger partial charge in [0.25, 0.3) is 0 Å². The molecule has 0 unspecified atom stereocenters. The second-order valence-electron chi connectivity index (χ2n) is 5.46. The molecule has 2 rings (SSSR count). The number of guanidine groups is 1. The first-order valence-electron chi connectivity index (χ1n) is 7.74. The Kier molecular flexibility index (Phi) is 9.00. The van der Waals surface area contributed by atoms with Crippen molar-refractivity contribution in [2.75, 3.05) is 13.6 Å². The Bertz CT molecular complexity index is 503. The first-order valence-corrected chi connectivity index (χ1v) is 8.56. The van der Waals surface area contributed by atoms with Gasteiger partial charge in [0.05, 0.1) is 12.2 Å². The van der Waals surface area contributed by atoms with Gasteiger partial charge in [-0.15, -0.1) is 35.3 Å². The molecule has 0 aromatic carbocycles. The van der Waals surface area contributed by atoms with Crippen molar-refractivity contribution in [1.82, 2.24) is 15.6 Å². The Morgan fingerprint density at radius 1 is 1.32 bits per heavy atom. The molecule has 0 atom stereocenters. The maximum absolute atomic E-state index is 4.53. The highest BCUT2D eigenvalue weighted by atomic mass is 127. The van der Waals surface area contributed by atoms with Crippen molar-refractivity contribution >= 4 is 41.3 Å². The summed E-state index contributed by atoms with van der Waals surface area (Å²) in [7, 11) is 1.81. The van der Waals surface area contributed by atoms with E-state index >= 15 is 0 Å². The quantitative estimate of drug-likeness (QED) is 0.320. The van der Waals surface area contributed by atoms with Crippen LogP contribution < -0.4 is 10.6 Å². The lowest BCUT2D eigenvalue weighted by Crippen LogP contribution is -2.37. The smallest absolute Gasteiger partial charge is 0.191 e. The van der Waals surface area contributed by atoms with E-state index in [-0.39, 0.29) is 24.0 Å². The first kappa shape index (κ1) is 19.4. The Hall–Kier alpha value is -0.630. The van der Waals surface area contributed by atoms with Crippen LogP contribution in [-0.4, -0.2) is 24.5 Å². The van der Waals surface area contributed by atoms with Gasteiger partial charge in [-0.2, -0.15) is 0 Å². The molecule has 0 saturated carbocycles. The number of hydrogen-bond acceptors (Lipinski definition) is 3. The molecule has 0 amide bonds. The summed E-state index contributed by atoms with van der Waals surface area (Å²) in [5, 5.41) is 7.83. The molecule has 6 heteroatoms. The third-order valence-electron chi connectivity index (χ3n) is 3.83. The number of hydrogen-bond donors (Lipinski definition) is 2. The lowest BCUT2D eigenvalue weighted by Gasteiger charge is -2.14. The summed E-state index contributed by atoms with van der Waals surface area (Å²) in [6, 6.07) is 0. The molecule has 22 heavy (non-hydrogen) atoms. The van der Waals surface area contributed by atoms with Crippen molar-refractivity contribution < 1.29 is 0 Å². The average Bonchev–Trinajstić information content (AvgIpc) is 2.82. The largest absolute Gasteiger partial charge is 0.356 e. The number of aliphatic imine (C=N–C) groups is 1. The molecule has 0 saturated heterocycles. The van der Waals surface area contributed by atoms with Crippen molar-refractivity contribution in [1.29, 1.82) is 0 Å². The Morgan fingerprint density at radius 2 is 2.14 bits per heavy atom. The molecular formula is C16H27IN4S. The van der Waals surface area contributed by atoms with E-state index in [1.54, 1.807) is 16.9 Å². The van der Waals surface area contributed by atoms with E-state index in [1.807, 2.05) is 7.05 Å². The van der Waals surface area contributed by atoms with Crippen molar-refractivity contribution in [2.24, 2.45) is 4.99 Å².